The van der Waals surface area contributed by atoms with Gasteiger partial charge in [-0.05, 0) is 19.3 Å². The molecule has 2 aliphatic rings. The molecule has 118 valence electrons. The lowest BCUT2D eigenvalue weighted by molar-refractivity contribution is 0.122. The first kappa shape index (κ1) is 15.0. The standard InChI is InChI=1S/C17H29N3O/c1-2-3-11-21-12-10-20-16-8-9-18-13-15(16)19-17(20)14-6-4-5-7-14/h14,18H,2-13H2,1H3. The molecule has 1 aliphatic heterocycles. The average Bonchev–Trinajstić information content (AvgIpc) is 3.14. The molecule has 0 aromatic carbocycles. The number of hydrogen-bond donors (Lipinski definition) is 1. The van der Waals surface area contributed by atoms with Crippen LogP contribution in [0, 0.1) is 0 Å². The minimum Gasteiger partial charge on any atom is -0.380 e. The highest BCUT2D eigenvalue weighted by Gasteiger charge is 2.26. The third-order valence-electron chi connectivity index (χ3n) is 4.84. The Morgan fingerprint density at radius 3 is 2.95 bits per heavy atom. The number of aromatic nitrogens is 2. The fourth-order valence-electron chi connectivity index (χ4n) is 3.64. The Morgan fingerprint density at radius 1 is 1.29 bits per heavy atom. The lowest BCUT2D eigenvalue weighted by atomic mass is 10.1. The SMILES string of the molecule is CCCCOCCn1c(C2CCCC2)nc2c1CCNC2. The summed E-state index contributed by atoms with van der Waals surface area (Å²) in [5.74, 6) is 2.03. The molecule has 1 N–H and O–H groups in total. The fourth-order valence-corrected chi connectivity index (χ4v) is 3.64. The lowest BCUT2D eigenvalue weighted by Gasteiger charge is -2.18. The van der Waals surface area contributed by atoms with Gasteiger partial charge in [-0.3, -0.25) is 0 Å². The molecule has 0 unspecified atom stereocenters. The molecule has 3 rings (SSSR count). The predicted molar refractivity (Wildman–Crippen MR) is 84.6 cm³/mol. The van der Waals surface area contributed by atoms with Crippen LogP contribution in [0.25, 0.3) is 0 Å². The zero-order chi connectivity index (χ0) is 14.5. The highest BCUT2D eigenvalue weighted by Crippen LogP contribution is 2.35. The van der Waals surface area contributed by atoms with Gasteiger partial charge in [-0.2, -0.15) is 0 Å². The summed E-state index contributed by atoms with van der Waals surface area (Å²) in [7, 11) is 0. The maximum Gasteiger partial charge on any atom is 0.112 e. The van der Waals surface area contributed by atoms with Gasteiger partial charge < -0.3 is 14.6 Å². The van der Waals surface area contributed by atoms with Crippen molar-refractivity contribution in [3.8, 4) is 0 Å². The largest absolute Gasteiger partial charge is 0.380 e. The molecule has 4 heteroatoms. The van der Waals surface area contributed by atoms with E-state index in [2.05, 4.69) is 16.8 Å². The quantitative estimate of drug-likeness (QED) is 0.785. The molecule has 21 heavy (non-hydrogen) atoms. The second kappa shape index (κ2) is 7.41. The van der Waals surface area contributed by atoms with E-state index in [1.165, 1.54) is 55.7 Å². The maximum atomic E-state index is 5.79. The fraction of sp³-hybridized carbons (Fsp3) is 0.824. The molecule has 0 saturated heterocycles. The molecule has 1 saturated carbocycles. The van der Waals surface area contributed by atoms with Gasteiger partial charge in [-0.25, -0.2) is 4.98 Å². The summed E-state index contributed by atoms with van der Waals surface area (Å²) in [4.78, 5) is 4.99. The van der Waals surface area contributed by atoms with E-state index in [1.54, 1.807) is 0 Å². The Morgan fingerprint density at radius 2 is 2.14 bits per heavy atom. The van der Waals surface area contributed by atoms with Crippen molar-refractivity contribution in [2.45, 2.75) is 70.9 Å². The van der Waals surface area contributed by atoms with Crippen LogP contribution in [0.1, 0.15) is 68.6 Å². The molecule has 0 radical (unpaired) electrons. The monoisotopic (exact) mass is 291 g/mol. The van der Waals surface area contributed by atoms with Crippen LogP contribution in [0.5, 0.6) is 0 Å². The zero-order valence-electron chi connectivity index (χ0n) is 13.4. The second-order valence-corrected chi connectivity index (χ2v) is 6.39. The molecular formula is C17H29N3O. The second-order valence-electron chi connectivity index (χ2n) is 6.39. The van der Waals surface area contributed by atoms with E-state index in [0.717, 1.165) is 39.3 Å². The summed E-state index contributed by atoms with van der Waals surface area (Å²) in [5, 5.41) is 3.45. The third-order valence-corrected chi connectivity index (χ3v) is 4.84. The number of hydrogen-bond acceptors (Lipinski definition) is 3. The van der Waals surface area contributed by atoms with Crippen LogP contribution in [0.15, 0.2) is 0 Å². The first-order valence-corrected chi connectivity index (χ1v) is 8.76. The summed E-state index contributed by atoms with van der Waals surface area (Å²) in [6, 6.07) is 0. The van der Waals surface area contributed by atoms with Crippen molar-refractivity contribution in [1.29, 1.82) is 0 Å². The van der Waals surface area contributed by atoms with Crippen molar-refractivity contribution >= 4 is 0 Å². The highest BCUT2D eigenvalue weighted by atomic mass is 16.5. The molecule has 2 heterocycles. The van der Waals surface area contributed by atoms with Gasteiger partial charge in [0.05, 0.1) is 12.3 Å². The van der Waals surface area contributed by atoms with E-state index in [-0.39, 0.29) is 0 Å². The van der Waals surface area contributed by atoms with Gasteiger partial charge in [0.1, 0.15) is 5.82 Å². The Labute approximate surface area is 128 Å². The number of nitrogens with one attached hydrogen (secondary N) is 1. The summed E-state index contributed by atoms with van der Waals surface area (Å²) in [6.45, 7) is 6.95. The first-order valence-electron chi connectivity index (χ1n) is 8.76. The Kier molecular flexibility index (Phi) is 5.31. The Balaban J connectivity index is 1.70. The van der Waals surface area contributed by atoms with Crippen molar-refractivity contribution < 1.29 is 4.74 Å². The molecule has 0 amide bonds. The zero-order valence-corrected chi connectivity index (χ0v) is 13.4. The van der Waals surface area contributed by atoms with E-state index in [0.29, 0.717) is 5.92 Å². The minimum atomic E-state index is 0.686. The van der Waals surface area contributed by atoms with Crippen molar-refractivity contribution in [1.82, 2.24) is 14.9 Å². The summed E-state index contributed by atoms with van der Waals surface area (Å²) in [5.41, 5.74) is 2.76. The van der Waals surface area contributed by atoms with Crippen LogP contribution in [0.2, 0.25) is 0 Å². The van der Waals surface area contributed by atoms with Crippen LogP contribution < -0.4 is 5.32 Å². The number of nitrogens with zero attached hydrogens (tertiary/aromatic N) is 2. The predicted octanol–water partition coefficient (Wildman–Crippen LogP) is 3.00. The number of rotatable bonds is 7. The number of fused-ring (bicyclic) bond motifs is 1. The summed E-state index contributed by atoms with van der Waals surface area (Å²) in [6.07, 6.45) is 8.87. The van der Waals surface area contributed by atoms with Gasteiger partial charge in [0, 0.05) is 44.3 Å². The van der Waals surface area contributed by atoms with Crippen LogP contribution in [0.3, 0.4) is 0 Å². The van der Waals surface area contributed by atoms with E-state index in [4.69, 9.17) is 9.72 Å². The molecule has 0 bridgehead atoms. The Hall–Kier alpha value is -0.870. The lowest BCUT2D eigenvalue weighted by Crippen LogP contribution is -2.25. The van der Waals surface area contributed by atoms with Gasteiger partial charge >= 0.3 is 0 Å². The van der Waals surface area contributed by atoms with Crippen molar-refractivity contribution in [3.63, 3.8) is 0 Å². The number of imidazole rings is 1. The first-order chi connectivity index (χ1) is 10.4. The van der Waals surface area contributed by atoms with Gasteiger partial charge in [0.15, 0.2) is 0 Å². The van der Waals surface area contributed by atoms with Gasteiger partial charge in [0.25, 0.3) is 0 Å². The van der Waals surface area contributed by atoms with Gasteiger partial charge in [-0.15, -0.1) is 0 Å². The van der Waals surface area contributed by atoms with Crippen molar-refractivity contribution in [3.05, 3.63) is 17.2 Å². The van der Waals surface area contributed by atoms with Crippen LogP contribution >= 0.6 is 0 Å². The van der Waals surface area contributed by atoms with Crippen molar-refractivity contribution in [2.24, 2.45) is 0 Å². The van der Waals surface area contributed by atoms with Gasteiger partial charge in [0.2, 0.25) is 0 Å². The smallest absolute Gasteiger partial charge is 0.112 e. The van der Waals surface area contributed by atoms with Crippen LogP contribution in [-0.4, -0.2) is 29.3 Å². The van der Waals surface area contributed by atoms with E-state index >= 15 is 0 Å². The normalized spacial score (nSPS) is 19.1. The van der Waals surface area contributed by atoms with E-state index in [1.807, 2.05) is 0 Å². The van der Waals surface area contributed by atoms with Crippen LogP contribution in [-0.2, 0) is 24.2 Å². The molecule has 0 atom stereocenters. The van der Waals surface area contributed by atoms with Crippen molar-refractivity contribution in [2.75, 3.05) is 19.8 Å². The molecular weight excluding hydrogens is 262 g/mol. The number of ether oxygens (including phenoxy) is 1. The molecule has 1 aromatic rings. The molecule has 0 spiro atoms. The third kappa shape index (κ3) is 3.49. The summed E-state index contributed by atoms with van der Waals surface area (Å²) >= 11 is 0. The van der Waals surface area contributed by atoms with Gasteiger partial charge in [-0.1, -0.05) is 26.2 Å². The minimum absolute atomic E-state index is 0.686. The average molecular weight is 291 g/mol. The summed E-state index contributed by atoms with van der Waals surface area (Å²) < 4.78 is 8.29. The van der Waals surface area contributed by atoms with E-state index < -0.39 is 0 Å². The van der Waals surface area contributed by atoms with Crippen LogP contribution in [0.4, 0.5) is 0 Å². The molecule has 1 aliphatic carbocycles. The Bertz CT molecular complexity index is 449. The molecule has 1 aromatic heterocycles. The number of unbranched alkanes of at least 4 members (excludes halogenated alkanes) is 1. The van der Waals surface area contributed by atoms with E-state index in [9.17, 15) is 0 Å². The highest BCUT2D eigenvalue weighted by molar-refractivity contribution is 5.22. The molecule has 4 nitrogen and oxygen atoms in total. The topological polar surface area (TPSA) is 39.1 Å². The molecule has 1 fully saturated rings. The maximum absolute atomic E-state index is 5.79.